The Labute approximate surface area is 178 Å². The van der Waals surface area contributed by atoms with Crippen LogP contribution in [-0.4, -0.2) is 31.1 Å². The minimum absolute atomic E-state index is 0.368. The Morgan fingerprint density at radius 3 is 2.29 bits per heavy atom. The Morgan fingerprint density at radius 2 is 1.58 bits per heavy atom. The Kier molecular flexibility index (Phi) is 7.10. The van der Waals surface area contributed by atoms with Gasteiger partial charge in [0.25, 0.3) is 0 Å². The molecule has 2 N–H and O–H groups in total. The first kappa shape index (κ1) is 21.3. The molecule has 0 heterocycles. The third-order valence-electron chi connectivity index (χ3n) is 4.01. The SMILES string of the molecule is COc1cccc(NC(=O)C(=O)N/N=C\c2ccc(OC(=O)c3ccccc3)cc2)c1. The molecule has 0 spiro atoms. The predicted octanol–water partition coefficient (Wildman–Crippen LogP) is 3.00. The van der Waals surface area contributed by atoms with Crippen LogP contribution >= 0.6 is 0 Å². The van der Waals surface area contributed by atoms with Gasteiger partial charge in [-0.05, 0) is 54.1 Å². The van der Waals surface area contributed by atoms with Crippen molar-refractivity contribution in [2.24, 2.45) is 5.10 Å². The number of methoxy groups -OCH3 is 1. The van der Waals surface area contributed by atoms with Gasteiger partial charge in [-0.1, -0.05) is 24.3 Å². The van der Waals surface area contributed by atoms with Crippen molar-refractivity contribution in [2.45, 2.75) is 0 Å². The van der Waals surface area contributed by atoms with Crippen molar-refractivity contribution in [3.8, 4) is 11.5 Å². The Morgan fingerprint density at radius 1 is 0.839 bits per heavy atom. The zero-order chi connectivity index (χ0) is 22.1. The third kappa shape index (κ3) is 6.26. The van der Waals surface area contributed by atoms with Gasteiger partial charge in [-0.25, -0.2) is 10.2 Å². The second kappa shape index (κ2) is 10.4. The van der Waals surface area contributed by atoms with Crippen molar-refractivity contribution < 1.29 is 23.9 Å². The third-order valence-corrected chi connectivity index (χ3v) is 4.01. The zero-order valence-corrected chi connectivity index (χ0v) is 16.6. The standard InChI is InChI=1S/C23H19N3O5/c1-30-20-9-5-8-18(14-20)25-21(27)22(28)26-24-15-16-10-12-19(13-11-16)31-23(29)17-6-3-2-4-7-17/h2-15H,1H3,(H,25,27)(H,26,28)/b24-15-. The summed E-state index contributed by atoms with van der Waals surface area (Å²) in [6.07, 6.45) is 1.36. The van der Waals surface area contributed by atoms with Gasteiger partial charge in [0.1, 0.15) is 11.5 Å². The fourth-order valence-corrected chi connectivity index (χ4v) is 2.47. The van der Waals surface area contributed by atoms with Crippen molar-refractivity contribution in [1.29, 1.82) is 0 Å². The maximum Gasteiger partial charge on any atom is 0.343 e. The van der Waals surface area contributed by atoms with Gasteiger partial charge in [0, 0.05) is 11.8 Å². The number of carbonyl (C=O) groups excluding carboxylic acids is 3. The first-order chi connectivity index (χ1) is 15.0. The summed E-state index contributed by atoms with van der Waals surface area (Å²) in [6.45, 7) is 0. The van der Waals surface area contributed by atoms with Crippen molar-refractivity contribution in [1.82, 2.24) is 5.43 Å². The number of nitrogens with one attached hydrogen (secondary N) is 2. The van der Waals surface area contributed by atoms with Gasteiger partial charge in [0.05, 0.1) is 18.9 Å². The number of benzene rings is 3. The molecular weight excluding hydrogens is 398 g/mol. The summed E-state index contributed by atoms with van der Waals surface area (Å²) < 4.78 is 10.3. The van der Waals surface area contributed by atoms with E-state index < -0.39 is 17.8 Å². The smallest absolute Gasteiger partial charge is 0.343 e. The van der Waals surface area contributed by atoms with Crippen molar-refractivity contribution in [2.75, 3.05) is 12.4 Å². The second-order valence-electron chi connectivity index (χ2n) is 6.21. The molecule has 2 amide bonds. The van der Waals surface area contributed by atoms with Gasteiger partial charge < -0.3 is 14.8 Å². The van der Waals surface area contributed by atoms with Crippen LogP contribution in [0.2, 0.25) is 0 Å². The molecule has 0 aliphatic heterocycles. The lowest BCUT2D eigenvalue weighted by Gasteiger charge is -2.06. The molecule has 0 saturated carbocycles. The summed E-state index contributed by atoms with van der Waals surface area (Å²) in [5, 5.41) is 6.21. The molecule has 8 heteroatoms. The number of anilines is 1. The number of hydrogen-bond acceptors (Lipinski definition) is 6. The van der Waals surface area contributed by atoms with Crippen LogP contribution in [0, 0.1) is 0 Å². The molecule has 0 radical (unpaired) electrons. The zero-order valence-electron chi connectivity index (χ0n) is 16.6. The molecule has 0 bridgehead atoms. The molecule has 0 atom stereocenters. The number of nitrogens with zero attached hydrogens (tertiary/aromatic N) is 1. The fraction of sp³-hybridized carbons (Fsp3) is 0.0435. The van der Waals surface area contributed by atoms with E-state index in [2.05, 4.69) is 15.8 Å². The lowest BCUT2D eigenvalue weighted by molar-refractivity contribution is -0.136. The molecule has 0 aliphatic rings. The highest BCUT2D eigenvalue weighted by Gasteiger charge is 2.13. The van der Waals surface area contributed by atoms with Crippen molar-refractivity contribution in [3.05, 3.63) is 90.0 Å². The number of hydrazone groups is 1. The molecule has 8 nitrogen and oxygen atoms in total. The van der Waals surface area contributed by atoms with Crippen molar-refractivity contribution >= 4 is 29.7 Å². The molecule has 31 heavy (non-hydrogen) atoms. The molecule has 3 aromatic rings. The van der Waals surface area contributed by atoms with Crippen LogP contribution in [0.1, 0.15) is 15.9 Å². The topological polar surface area (TPSA) is 106 Å². The van der Waals surface area contributed by atoms with E-state index in [4.69, 9.17) is 9.47 Å². The lowest BCUT2D eigenvalue weighted by Crippen LogP contribution is -2.32. The highest BCUT2D eigenvalue weighted by molar-refractivity contribution is 6.39. The summed E-state index contributed by atoms with van der Waals surface area (Å²) in [4.78, 5) is 35.8. The molecule has 156 valence electrons. The molecule has 3 rings (SSSR count). The minimum atomic E-state index is -0.924. The van der Waals surface area contributed by atoms with Crippen LogP contribution in [0.5, 0.6) is 11.5 Å². The summed E-state index contributed by atoms with van der Waals surface area (Å²) in [5.41, 5.74) is 3.65. The lowest BCUT2D eigenvalue weighted by atomic mass is 10.2. The first-order valence-corrected chi connectivity index (χ1v) is 9.21. The van der Waals surface area contributed by atoms with Gasteiger partial charge in [-0.3, -0.25) is 9.59 Å². The fourth-order valence-electron chi connectivity index (χ4n) is 2.47. The largest absolute Gasteiger partial charge is 0.497 e. The van der Waals surface area contributed by atoms with Gasteiger partial charge in [0.15, 0.2) is 0 Å². The Bertz CT molecular complexity index is 1100. The molecule has 0 aliphatic carbocycles. The molecule has 0 aromatic heterocycles. The van der Waals surface area contributed by atoms with Crippen LogP contribution in [0.15, 0.2) is 84.0 Å². The maximum absolute atomic E-state index is 12.0. The van der Waals surface area contributed by atoms with E-state index >= 15 is 0 Å². The number of rotatable bonds is 6. The molecular formula is C23H19N3O5. The molecule has 3 aromatic carbocycles. The highest BCUT2D eigenvalue weighted by atomic mass is 16.5. The van der Waals surface area contributed by atoms with E-state index in [1.54, 1.807) is 72.8 Å². The van der Waals surface area contributed by atoms with E-state index in [1.807, 2.05) is 6.07 Å². The molecule has 0 unspecified atom stereocenters. The number of amides is 2. The van der Waals surface area contributed by atoms with Crippen LogP contribution in [0.4, 0.5) is 5.69 Å². The Balaban J connectivity index is 1.50. The average molecular weight is 417 g/mol. The number of carbonyl (C=O) groups is 3. The van der Waals surface area contributed by atoms with Gasteiger partial charge in [-0.2, -0.15) is 5.10 Å². The quantitative estimate of drug-likeness (QED) is 0.211. The van der Waals surface area contributed by atoms with Crippen LogP contribution in [0.3, 0.4) is 0 Å². The Hall–Kier alpha value is -4.46. The summed E-state index contributed by atoms with van der Waals surface area (Å²) in [7, 11) is 1.50. The van der Waals surface area contributed by atoms with E-state index in [9.17, 15) is 14.4 Å². The average Bonchev–Trinajstić information content (AvgIpc) is 2.80. The van der Waals surface area contributed by atoms with E-state index in [-0.39, 0.29) is 0 Å². The van der Waals surface area contributed by atoms with E-state index in [0.717, 1.165) is 0 Å². The number of esters is 1. The highest BCUT2D eigenvalue weighted by Crippen LogP contribution is 2.16. The monoisotopic (exact) mass is 417 g/mol. The normalized spacial score (nSPS) is 10.4. The van der Waals surface area contributed by atoms with Gasteiger partial charge in [0.2, 0.25) is 0 Å². The second-order valence-corrected chi connectivity index (χ2v) is 6.21. The van der Waals surface area contributed by atoms with Crippen LogP contribution in [-0.2, 0) is 9.59 Å². The maximum atomic E-state index is 12.0. The minimum Gasteiger partial charge on any atom is -0.497 e. The number of ether oxygens (including phenoxy) is 2. The van der Waals surface area contributed by atoms with Gasteiger partial charge >= 0.3 is 17.8 Å². The van der Waals surface area contributed by atoms with Gasteiger partial charge in [-0.15, -0.1) is 0 Å². The van der Waals surface area contributed by atoms with Crippen LogP contribution < -0.4 is 20.2 Å². The number of hydrogen-bond donors (Lipinski definition) is 2. The van der Waals surface area contributed by atoms with E-state index in [0.29, 0.717) is 28.3 Å². The molecule has 0 fully saturated rings. The summed E-state index contributed by atoms with van der Waals surface area (Å²) in [5.74, 6) is -1.33. The van der Waals surface area contributed by atoms with E-state index in [1.165, 1.54) is 13.3 Å². The van der Waals surface area contributed by atoms with Crippen LogP contribution in [0.25, 0.3) is 0 Å². The van der Waals surface area contributed by atoms with Crippen molar-refractivity contribution in [3.63, 3.8) is 0 Å². The predicted molar refractivity (Wildman–Crippen MR) is 115 cm³/mol. The first-order valence-electron chi connectivity index (χ1n) is 9.21. The summed E-state index contributed by atoms with van der Waals surface area (Å²) >= 11 is 0. The summed E-state index contributed by atoms with van der Waals surface area (Å²) in [6, 6.07) is 21.8. The molecule has 0 saturated heterocycles.